The molecule has 0 unspecified atom stereocenters. The molecule has 122 heavy (non-hydrogen) atoms. The van der Waals surface area contributed by atoms with Crippen LogP contribution in [0.5, 0.6) is 17.6 Å². The fourth-order valence-corrected chi connectivity index (χ4v) is 20.1. The van der Waals surface area contributed by atoms with Gasteiger partial charge in [0.2, 0.25) is 23.6 Å². The zero-order valence-electron chi connectivity index (χ0n) is 70.0. The molecule has 1 aliphatic heterocycles. The molecule has 35 heteroatoms. The van der Waals surface area contributed by atoms with E-state index in [0.717, 1.165) is 73.0 Å². The zero-order chi connectivity index (χ0) is 88.3. The topological polar surface area (TPSA) is 321 Å². The van der Waals surface area contributed by atoms with Crippen molar-refractivity contribution in [2.24, 2.45) is 5.73 Å². The number of aryl methyl sites for hydroxylation is 3. The SMILES string of the molecule is CN(C)C1CCC(N)CC1.COc1nc(CS(=O)(=O)c2ccccc2Cl)ccc1-c1cc(C)c2nc(F)ncc2c1.COc1nc(CS(=O)(=O)c2ccccc2Cl)ccc1-c1cc(C)c2nc(NC3CCC(N(C)C)CC3)ncc2c1.COc1nc(NS(=O)(=O)c2ccccc2Cl)ccc1B1OC(C)(C)C(C)(C)O1.Cc1cc(Br)cc2cnc(F)nc12. The van der Waals surface area contributed by atoms with Crippen LogP contribution >= 0.6 is 50.7 Å². The average molecular weight is 1850 g/mol. The number of sulfonamides is 1. The molecule has 12 aromatic rings. The predicted octanol–water partition coefficient (Wildman–Crippen LogP) is 17.2. The van der Waals surface area contributed by atoms with Crippen molar-refractivity contribution in [3.05, 3.63) is 224 Å². The molecule has 15 rings (SSSR count). The number of rotatable bonds is 19. The van der Waals surface area contributed by atoms with Crippen LogP contribution < -0.4 is 35.4 Å². The minimum absolute atomic E-state index is 0.0348. The van der Waals surface area contributed by atoms with Gasteiger partial charge in [-0.05, 0) is 259 Å². The van der Waals surface area contributed by atoms with Crippen LogP contribution in [0, 0.1) is 32.9 Å². The van der Waals surface area contributed by atoms with Gasteiger partial charge in [-0.2, -0.15) is 13.8 Å². The van der Waals surface area contributed by atoms with Crippen LogP contribution in [0.1, 0.15) is 107 Å². The molecule has 7 heterocycles. The Hall–Kier alpha value is -9.29. The summed E-state index contributed by atoms with van der Waals surface area (Å²) in [6.07, 6.45) is 12.8. The molecule has 3 fully saturated rings. The Bertz CT molecular complexity index is 6130. The molecule has 25 nitrogen and oxygen atoms in total. The molecular formula is C87H97BBrCl3F2N14O11S3. The van der Waals surface area contributed by atoms with E-state index in [9.17, 15) is 34.0 Å². The number of sulfone groups is 2. The highest BCUT2D eigenvalue weighted by Crippen LogP contribution is 2.40. The van der Waals surface area contributed by atoms with Crippen LogP contribution in [-0.2, 0) is 50.5 Å². The highest BCUT2D eigenvalue weighted by molar-refractivity contribution is 9.10. The Morgan fingerprint density at radius 2 is 0.918 bits per heavy atom. The summed E-state index contributed by atoms with van der Waals surface area (Å²) in [7, 11) is 1.10. The smallest absolute Gasteiger partial charge is 0.481 e. The number of halogens is 6. The molecule has 0 spiro atoms. The van der Waals surface area contributed by atoms with E-state index in [2.05, 4.69) is 104 Å². The Labute approximate surface area is 734 Å². The van der Waals surface area contributed by atoms with Crippen molar-refractivity contribution in [3.8, 4) is 39.9 Å². The molecule has 0 radical (unpaired) electrons. The van der Waals surface area contributed by atoms with Crippen LogP contribution in [0.15, 0.2) is 183 Å². The van der Waals surface area contributed by atoms with E-state index in [0.29, 0.717) is 68.8 Å². The molecule has 2 saturated carbocycles. The Morgan fingerprint density at radius 1 is 0.508 bits per heavy atom. The number of ether oxygens (including phenoxy) is 3. The first kappa shape index (κ1) is 93.4. The first-order valence-corrected chi connectivity index (χ1v) is 45.8. The lowest BCUT2D eigenvalue weighted by molar-refractivity contribution is 0.00578. The molecule has 0 amide bonds. The van der Waals surface area contributed by atoms with Crippen LogP contribution in [0.25, 0.3) is 55.0 Å². The molecule has 2 aliphatic carbocycles. The van der Waals surface area contributed by atoms with Gasteiger partial charge in [-0.25, -0.2) is 65.1 Å². The van der Waals surface area contributed by atoms with Gasteiger partial charge < -0.3 is 44.4 Å². The number of nitrogens with zero attached hydrogens (tertiary/aromatic N) is 11. The van der Waals surface area contributed by atoms with Crippen LogP contribution in [0.2, 0.25) is 15.1 Å². The number of nitrogens with two attached hydrogens (primary N) is 1. The van der Waals surface area contributed by atoms with Crippen LogP contribution in [-0.4, -0.2) is 172 Å². The van der Waals surface area contributed by atoms with Crippen LogP contribution in [0.4, 0.5) is 20.5 Å². The van der Waals surface area contributed by atoms with Crippen LogP contribution in [0.3, 0.4) is 0 Å². The number of pyridine rings is 3. The Kier molecular flexibility index (Phi) is 30.7. The second-order valence-corrected chi connectivity index (χ2v) is 39.0. The Morgan fingerprint density at radius 3 is 1.36 bits per heavy atom. The standard InChI is InChI=1S/C30H34ClN5O3S.C22H17ClFN3O3S.C18H22BClN2O5S.C9H6BrFN2.C8H18N2/c1-19-15-20(16-21-17-32-30(35-28(19)21)34-22-9-12-24(13-10-22)36(2)3)25-14-11-23(33-29(25)39-4)18-40(37,38)27-8-6-5-7-26(27)31;1-13-9-14(10-15-11-25-22(24)27-20(13)15)17-8-7-16(26-21(17)30-2)12-31(28,29)19-6-4-3-5-18(19)23;1-17(2)18(3,4)27-19(26-17)12-10-11-15(21-16(12)25-5)22-28(23,24)14-9-7-6-8-13(14)20;1-5-2-7(10)3-6-4-12-9(11)13-8(5)6;1-10(2)8-5-3-7(9)4-6-8/h5-8,11,14-17,22,24H,9-10,12-13,18H2,1-4H3,(H,32,34,35);3-11H,12H2,1-2H3;6-11H,1-5H3,(H,21,22);2-4H,1H3;7-8H,3-6,9H2,1-2H3. The number of hydrogen-bond acceptors (Lipinski definition) is 24. The zero-order valence-corrected chi connectivity index (χ0v) is 76.3. The first-order valence-electron chi connectivity index (χ1n) is 39.1. The van der Waals surface area contributed by atoms with Gasteiger partial charge in [0.05, 0.1) is 96.8 Å². The number of fused-ring (bicyclic) bond motifs is 3. The quantitative estimate of drug-likeness (QED) is 0.0500. The largest absolute Gasteiger partial charge is 0.500 e. The van der Waals surface area contributed by atoms with Gasteiger partial charge in [-0.1, -0.05) is 93.2 Å². The number of anilines is 2. The van der Waals surface area contributed by atoms with Crippen molar-refractivity contribution in [1.29, 1.82) is 0 Å². The summed E-state index contributed by atoms with van der Waals surface area (Å²) in [5.74, 6) is 0.962. The maximum Gasteiger partial charge on any atom is 0.500 e. The third kappa shape index (κ3) is 23.2. The highest BCUT2D eigenvalue weighted by Gasteiger charge is 2.53. The van der Waals surface area contributed by atoms with E-state index in [4.69, 9.17) is 69.0 Å². The van der Waals surface area contributed by atoms with E-state index in [-0.39, 0.29) is 58.8 Å². The maximum absolute atomic E-state index is 13.4. The van der Waals surface area contributed by atoms with Gasteiger partial charge in [0.25, 0.3) is 10.0 Å². The van der Waals surface area contributed by atoms with Gasteiger partial charge in [0.15, 0.2) is 19.7 Å². The second-order valence-electron chi connectivity index (χ2n) is 31.3. The summed E-state index contributed by atoms with van der Waals surface area (Å²) >= 11 is 21.5. The first-order chi connectivity index (χ1) is 57.7. The molecule has 0 atom stereocenters. The number of benzene rings is 6. The number of methoxy groups -OCH3 is 3. The molecule has 0 bridgehead atoms. The van der Waals surface area contributed by atoms with Gasteiger partial charge in [0.1, 0.15) is 10.7 Å². The summed E-state index contributed by atoms with van der Waals surface area (Å²) in [5.41, 5.74) is 13.9. The molecule has 3 aliphatic rings. The van der Waals surface area contributed by atoms with Crippen molar-refractivity contribution in [2.75, 3.05) is 59.6 Å². The van der Waals surface area contributed by atoms with Crippen molar-refractivity contribution >= 4 is 137 Å². The lowest BCUT2D eigenvalue weighted by Gasteiger charge is -2.32. The normalized spacial score (nSPS) is 16.9. The van der Waals surface area contributed by atoms with Crippen molar-refractivity contribution in [2.45, 2.75) is 161 Å². The van der Waals surface area contributed by atoms with E-state index >= 15 is 0 Å². The summed E-state index contributed by atoms with van der Waals surface area (Å²) in [6, 6.07) is 42.7. The lowest BCUT2D eigenvalue weighted by Crippen LogP contribution is -2.41. The summed E-state index contributed by atoms with van der Waals surface area (Å²) in [5, 5.41) is 6.43. The lowest BCUT2D eigenvalue weighted by atomic mass is 9.79. The van der Waals surface area contributed by atoms with E-state index in [1.165, 1.54) is 109 Å². The fourth-order valence-electron chi connectivity index (χ4n) is 14.3. The molecule has 4 N–H and O–H groups in total. The number of hydrogen-bond donors (Lipinski definition) is 3. The van der Waals surface area contributed by atoms with Gasteiger partial charge in [-0.15, -0.1) is 0 Å². The van der Waals surface area contributed by atoms with Crippen molar-refractivity contribution in [3.63, 3.8) is 0 Å². The molecule has 6 aromatic heterocycles. The number of nitrogens with one attached hydrogen (secondary N) is 2. The third-order valence-corrected chi connectivity index (χ3v) is 28.2. The van der Waals surface area contributed by atoms with Crippen molar-refractivity contribution in [1.82, 2.24) is 54.7 Å². The summed E-state index contributed by atoms with van der Waals surface area (Å²) in [6.45, 7) is 13.5. The second kappa shape index (κ2) is 40.1. The molecule has 1 saturated heterocycles. The third-order valence-electron chi connectivity index (χ3n) is 21.6. The van der Waals surface area contributed by atoms with Crippen molar-refractivity contribution < 1.29 is 57.6 Å². The Balaban J connectivity index is 0.000000159. The van der Waals surface area contributed by atoms with E-state index < -0.39 is 60.2 Å². The average Bonchev–Trinajstić information content (AvgIpc) is 1.72. The van der Waals surface area contributed by atoms with Gasteiger partial charge in [-0.3, -0.25) is 4.72 Å². The minimum Gasteiger partial charge on any atom is -0.481 e. The minimum atomic E-state index is -3.90. The predicted molar refractivity (Wildman–Crippen MR) is 481 cm³/mol. The summed E-state index contributed by atoms with van der Waals surface area (Å²) in [4.78, 5) is 42.0. The maximum atomic E-state index is 13.4. The van der Waals surface area contributed by atoms with Gasteiger partial charge in [0, 0.05) is 80.0 Å². The molecule has 6 aromatic carbocycles. The van der Waals surface area contributed by atoms with E-state index in [1.54, 1.807) is 66.7 Å². The monoisotopic (exact) mass is 1840 g/mol. The van der Waals surface area contributed by atoms with Gasteiger partial charge >= 0.3 is 19.3 Å². The van der Waals surface area contributed by atoms with E-state index in [1.807, 2.05) is 97.1 Å². The molecule has 644 valence electrons. The molecular weight excluding hydrogens is 1750 g/mol. The fraction of sp³-hybridized carbons (Fsp3) is 0.345. The number of aromatic nitrogens is 9. The summed E-state index contributed by atoms with van der Waals surface area (Å²) < 4.78 is 135. The highest BCUT2D eigenvalue weighted by atomic mass is 79.9.